The summed E-state index contributed by atoms with van der Waals surface area (Å²) >= 11 is 0. The third kappa shape index (κ3) is 2.63. The van der Waals surface area contributed by atoms with Gasteiger partial charge in [-0.25, -0.2) is 0 Å². The number of hydrogen-bond acceptors (Lipinski definition) is 2. The molecule has 0 saturated heterocycles. The summed E-state index contributed by atoms with van der Waals surface area (Å²) in [5.41, 5.74) is 1.37. The molecule has 1 saturated carbocycles. The van der Waals surface area contributed by atoms with Gasteiger partial charge in [-0.2, -0.15) is 0 Å². The summed E-state index contributed by atoms with van der Waals surface area (Å²) in [4.78, 5) is 11.2. The van der Waals surface area contributed by atoms with E-state index in [9.17, 15) is 4.79 Å². The smallest absolute Gasteiger partial charge is 0.305 e. The first-order valence-electron chi connectivity index (χ1n) is 6.04. The van der Waals surface area contributed by atoms with Crippen molar-refractivity contribution in [3.8, 4) is 0 Å². The van der Waals surface area contributed by atoms with Crippen LogP contribution in [0.5, 0.6) is 0 Å². The van der Waals surface area contributed by atoms with Crippen LogP contribution in [0.2, 0.25) is 0 Å². The monoisotopic (exact) mass is 218 g/mol. The normalized spacial score (nSPS) is 24.3. The Hall–Kier alpha value is -1.31. The molecule has 86 valence electrons. The van der Waals surface area contributed by atoms with Crippen LogP contribution in [0.15, 0.2) is 30.3 Å². The summed E-state index contributed by atoms with van der Waals surface area (Å²) < 4.78 is 5.37. The summed E-state index contributed by atoms with van der Waals surface area (Å²) in [6, 6.07) is 10.5. The van der Waals surface area contributed by atoms with Gasteiger partial charge in [-0.3, -0.25) is 4.79 Å². The van der Waals surface area contributed by atoms with Gasteiger partial charge in [0.2, 0.25) is 0 Å². The quantitative estimate of drug-likeness (QED) is 0.728. The van der Waals surface area contributed by atoms with E-state index >= 15 is 0 Å². The molecular formula is C14H18O2. The fourth-order valence-corrected chi connectivity index (χ4v) is 2.34. The van der Waals surface area contributed by atoms with E-state index in [1.807, 2.05) is 13.0 Å². The topological polar surface area (TPSA) is 26.3 Å². The highest BCUT2D eigenvalue weighted by atomic mass is 16.5. The summed E-state index contributed by atoms with van der Waals surface area (Å²) in [6.07, 6.45) is 3.73. The summed E-state index contributed by atoms with van der Waals surface area (Å²) in [7, 11) is 0. The first-order valence-corrected chi connectivity index (χ1v) is 6.04. The second-order valence-corrected chi connectivity index (χ2v) is 4.39. The zero-order chi connectivity index (χ0) is 11.4. The number of rotatable bonds is 3. The molecule has 2 atom stereocenters. The van der Waals surface area contributed by atoms with Crippen molar-refractivity contribution < 1.29 is 9.53 Å². The molecule has 1 aliphatic rings. The Morgan fingerprint density at radius 1 is 1.31 bits per heavy atom. The van der Waals surface area contributed by atoms with Gasteiger partial charge in [0.25, 0.3) is 0 Å². The van der Waals surface area contributed by atoms with E-state index in [0.717, 1.165) is 19.3 Å². The Kier molecular flexibility index (Phi) is 3.60. The van der Waals surface area contributed by atoms with Crippen LogP contribution in [0.1, 0.15) is 44.1 Å². The minimum Gasteiger partial charge on any atom is -0.462 e. The van der Waals surface area contributed by atoms with Crippen molar-refractivity contribution in [3.63, 3.8) is 0 Å². The number of benzene rings is 1. The molecule has 0 N–H and O–H groups in total. The molecule has 2 nitrogen and oxygen atoms in total. The van der Waals surface area contributed by atoms with Gasteiger partial charge in [-0.1, -0.05) is 37.3 Å². The van der Waals surface area contributed by atoms with Crippen molar-refractivity contribution in [2.24, 2.45) is 0 Å². The Labute approximate surface area is 96.6 Å². The third-order valence-electron chi connectivity index (χ3n) is 3.24. The van der Waals surface area contributed by atoms with Crippen molar-refractivity contribution in [2.45, 2.75) is 44.6 Å². The predicted molar refractivity (Wildman–Crippen MR) is 63.2 cm³/mol. The molecule has 1 aliphatic carbocycles. The fraction of sp³-hybridized carbons (Fsp3) is 0.500. The Bertz CT molecular complexity index is 345. The molecule has 0 aliphatic heterocycles. The van der Waals surface area contributed by atoms with Gasteiger partial charge in [-0.15, -0.1) is 0 Å². The van der Waals surface area contributed by atoms with Gasteiger partial charge in [0.1, 0.15) is 6.10 Å². The van der Waals surface area contributed by atoms with E-state index in [1.54, 1.807) is 0 Å². The lowest BCUT2D eigenvalue weighted by Gasteiger charge is -2.12. The van der Waals surface area contributed by atoms with Crippen LogP contribution < -0.4 is 0 Å². The average Bonchev–Trinajstić information content (AvgIpc) is 2.78. The molecular weight excluding hydrogens is 200 g/mol. The Morgan fingerprint density at radius 2 is 2.06 bits per heavy atom. The predicted octanol–water partition coefficient (Wildman–Crippen LogP) is 3.28. The molecule has 0 aromatic heterocycles. The standard InChI is InChI=1S/C14H18O2/c1-2-14(15)16-13-9-8-12(10-13)11-6-4-3-5-7-11/h3-7,12-13H,2,8-10H2,1H3. The second-order valence-electron chi connectivity index (χ2n) is 4.39. The molecule has 16 heavy (non-hydrogen) atoms. The third-order valence-corrected chi connectivity index (χ3v) is 3.24. The molecule has 2 heteroatoms. The number of hydrogen-bond donors (Lipinski definition) is 0. The van der Waals surface area contributed by atoms with Crippen LogP contribution in [-0.2, 0) is 9.53 Å². The van der Waals surface area contributed by atoms with Crippen LogP contribution in [0.25, 0.3) is 0 Å². The van der Waals surface area contributed by atoms with E-state index in [0.29, 0.717) is 12.3 Å². The Balaban J connectivity index is 1.91. The van der Waals surface area contributed by atoms with Crippen LogP contribution in [0.3, 0.4) is 0 Å². The summed E-state index contributed by atoms with van der Waals surface area (Å²) in [6.45, 7) is 1.84. The first kappa shape index (κ1) is 11.2. The molecule has 2 unspecified atom stereocenters. The number of ether oxygens (including phenoxy) is 1. The van der Waals surface area contributed by atoms with Gasteiger partial charge in [-0.05, 0) is 30.7 Å². The molecule has 0 amide bonds. The highest BCUT2D eigenvalue weighted by molar-refractivity contribution is 5.69. The van der Waals surface area contributed by atoms with Crippen molar-refractivity contribution in [3.05, 3.63) is 35.9 Å². The van der Waals surface area contributed by atoms with Crippen LogP contribution in [0, 0.1) is 0 Å². The van der Waals surface area contributed by atoms with Gasteiger partial charge >= 0.3 is 5.97 Å². The molecule has 0 radical (unpaired) electrons. The van der Waals surface area contributed by atoms with Crippen molar-refractivity contribution in [1.82, 2.24) is 0 Å². The van der Waals surface area contributed by atoms with Crippen LogP contribution in [-0.4, -0.2) is 12.1 Å². The second kappa shape index (κ2) is 5.15. The van der Waals surface area contributed by atoms with Crippen molar-refractivity contribution >= 4 is 5.97 Å². The van der Waals surface area contributed by atoms with E-state index < -0.39 is 0 Å². The molecule has 0 heterocycles. The number of carbonyl (C=O) groups excluding carboxylic acids is 1. The maximum absolute atomic E-state index is 11.2. The van der Waals surface area contributed by atoms with Gasteiger partial charge in [0.15, 0.2) is 0 Å². The van der Waals surface area contributed by atoms with E-state index in [2.05, 4.69) is 24.3 Å². The minimum absolute atomic E-state index is 0.0706. The number of esters is 1. The van der Waals surface area contributed by atoms with Gasteiger partial charge in [0.05, 0.1) is 0 Å². The molecule has 1 aromatic rings. The lowest BCUT2D eigenvalue weighted by molar-refractivity contribution is -0.148. The molecule has 1 fully saturated rings. The van der Waals surface area contributed by atoms with Gasteiger partial charge < -0.3 is 4.74 Å². The lowest BCUT2D eigenvalue weighted by Crippen LogP contribution is -2.14. The lowest BCUT2D eigenvalue weighted by atomic mass is 9.98. The zero-order valence-electron chi connectivity index (χ0n) is 9.69. The summed E-state index contributed by atoms with van der Waals surface area (Å²) in [5.74, 6) is 0.495. The zero-order valence-corrected chi connectivity index (χ0v) is 9.69. The highest BCUT2D eigenvalue weighted by Gasteiger charge is 2.27. The fourth-order valence-electron chi connectivity index (χ4n) is 2.34. The first-order chi connectivity index (χ1) is 7.79. The van der Waals surface area contributed by atoms with E-state index in [4.69, 9.17) is 4.74 Å². The maximum Gasteiger partial charge on any atom is 0.305 e. The van der Waals surface area contributed by atoms with Gasteiger partial charge in [0, 0.05) is 6.42 Å². The van der Waals surface area contributed by atoms with Crippen LogP contribution in [0.4, 0.5) is 0 Å². The SMILES string of the molecule is CCC(=O)OC1CCC(c2ccccc2)C1. The molecule has 0 bridgehead atoms. The molecule has 2 rings (SSSR count). The van der Waals surface area contributed by atoms with E-state index in [-0.39, 0.29) is 12.1 Å². The minimum atomic E-state index is -0.0706. The maximum atomic E-state index is 11.2. The molecule has 0 spiro atoms. The van der Waals surface area contributed by atoms with Crippen LogP contribution >= 0.6 is 0 Å². The van der Waals surface area contributed by atoms with Crippen molar-refractivity contribution in [1.29, 1.82) is 0 Å². The van der Waals surface area contributed by atoms with Crippen molar-refractivity contribution in [2.75, 3.05) is 0 Å². The highest BCUT2D eigenvalue weighted by Crippen LogP contribution is 2.35. The Morgan fingerprint density at radius 3 is 2.75 bits per heavy atom. The largest absolute Gasteiger partial charge is 0.462 e. The van der Waals surface area contributed by atoms with E-state index in [1.165, 1.54) is 5.56 Å². The average molecular weight is 218 g/mol. The number of carbonyl (C=O) groups is 1. The molecule has 1 aromatic carbocycles. The summed E-state index contributed by atoms with van der Waals surface area (Å²) in [5, 5.41) is 0.